The van der Waals surface area contributed by atoms with Gasteiger partial charge in [0, 0.05) is 25.4 Å². The van der Waals surface area contributed by atoms with Crippen LogP contribution in [0.3, 0.4) is 0 Å². The number of rotatable bonds is 7. The molecule has 0 radical (unpaired) electrons. The lowest BCUT2D eigenvalue weighted by Crippen LogP contribution is -2.32. The van der Waals surface area contributed by atoms with Gasteiger partial charge in [-0.3, -0.25) is 4.68 Å². The normalized spacial score (nSPS) is 13.0. The van der Waals surface area contributed by atoms with Gasteiger partial charge in [-0.05, 0) is 26.0 Å². The summed E-state index contributed by atoms with van der Waals surface area (Å²) in [6, 6.07) is 2.46. The van der Waals surface area contributed by atoms with Crippen LogP contribution in [-0.2, 0) is 7.05 Å². The quantitative estimate of drug-likeness (QED) is 0.706. The highest BCUT2D eigenvalue weighted by Crippen LogP contribution is 2.19. The highest BCUT2D eigenvalue weighted by Gasteiger charge is 2.09. The Hall–Kier alpha value is -0.520. The number of nitrogens with one attached hydrogen (secondary N) is 1. The predicted molar refractivity (Wildman–Crippen MR) is 67.8 cm³/mol. The van der Waals surface area contributed by atoms with Gasteiger partial charge < -0.3 is 10.4 Å². The van der Waals surface area contributed by atoms with Crippen molar-refractivity contribution in [1.29, 1.82) is 0 Å². The molecule has 1 aromatic rings. The highest BCUT2D eigenvalue weighted by atomic mass is 32.2. The Kier molecular flexibility index (Phi) is 5.87. The second-order valence-electron chi connectivity index (χ2n) is 3.83. The molecule has 1 rings (SSSR count). The number of nitrogens with zero attached hydrogens (tertiary/aromatic N) is 2. The van der Waals surface area contributed by atoms with Gasteiger partial charge in [0.15, 0.2) is 0 Å². The Bertz CT molecular complexity index is 308. The Morgan fingerprint density at radius 2 is 2.38 bits per heavy atom. The number of aliphatic hydroxyl groups excluding tert-OH is 1. The van der Waals surface area contributed by atoms with E-state index in [1.165, 1.54) is 5.03 Å². The molecule has 92 valence electrons. The van der Waals surface area contributed by atoms with Crippen molar-refractivity contribution >= 4 is 11.8 Å². The van der Waals surface area contributed by atoms with Crippen LogP contribution in [0.4, 0.5) is 0 Å². The standard InChI is InChI=1S/C11H21N3OS/c1-4-12-10(5-6-15)8-16-11-7-9(2)13-14(11)3/h7,10,12,15H,4-6,8H2,1-3H3. The van der Waals surface area contributed by atoms with Gasteiger partial charge in [-0.15, -0.1) is 11.8 Å². The predicted octanol–water partition coefficient (Wildman–Crippen LogP) is 1.18. The summed E-state index contributed by atoms with van der Waals surface area (Å²) in [6.07, 6.45) is 0.803. The van der Waals surface area contributed by atoms with Crippen LogP contribution in [0.5, 0.6) is 0 Å². The van der Waals surface area contributed by atoms with Crippen LogP contribution < -0.4 is 5.32 Å². The Balaban J connectivity index is 2.44. The topological polar surface area (TPSA) is 50.1 Å². The largest absolute Gasteiger partial charge is 0.396 e. The molecule has 1 unspecified atom stereocenters. The fourth-order valence-electron chi connectivity index (χ4n) is 1.60. The van der Waals surface area contributed by atoms with Gasteiger partial charge >= 0.3 is 0 Å². The van der Waals surface area contributed by atoms with Crippen LogP contribution >= 0.6 is 11.8 Å². The van der Waals surface area contributed by atoms with E-state index in [0.717, 1.165) is 24.4 Å². The van der Waals surface area contributed by atoms with E-state index in [4.69, 9.17) is 5.11 Å². The monoisotopic (exact) mass is 243 g/mol. The van der Waals surface area contributed by atoms with Gasteiger partial charge in [0.1, 0.15) is 0 Å². The summed E-state index contributed by atoms with van der Waals surface area (Å²) in [5.41, 5.74) is 1.05. The molecule has 5 heteroatoms. The molecule has 1 aromatic heterocycles. The molecule has 0 aliphatic rings. The molecule has 0 aliphatic carbocycles. The number of aryl methyl sites for hydroxylation is 2. The third-order valence-electron chi connectivity index (χ3n) is 2.36. The van der Waals surface area contributed by atoms with Gasteiger partial charge in [0.05, 0.1) is 10.7 Å². The molecule has 0 saturated heterocycles. The molecule has 16 heavy (non-hydrogen) atoms. The first-order valence-corrected chi connectivity index (χ1v) is 6.63. The van der Waals surface area contributed by atoms with Gasteiger partial charge in [-0.1, -0.05) is 6.92 Å². The molecule has 0 saturated carbocycles. The maximum Gasteiger partial charge on any atom is 0.0939 e. The SMILES string of the molecule is CCNC(CCO)CSc1cc(C)nn1C. The summed E-state index contributed by atoms with van der Waals surface area (Å²) in [7, 11) is 1.96. The second-order valence-corrected chi connectivity index (χ2v) is 4.87. The maximum absolute atomic E-state index is 8.95. The fourth-order valence-corrected chi connectivity index (χ4v) is 2.73. The van der Waals surface area contributed by atoms with E-state index in [2.05, 4.69) is 23.4 Å². The van der Waals surface area contributed by atoms with Crippen molar-refractivity contribution in [2.75, 3.05) is 18.9 Å². The summed E-state index contributed by atoms with van der Waals surface area (Å²) in [4.78, 5) is 0. The summed E-state index contributed by atoms with van der Waals surface area (Å²) in [5.74, 6) is 0.966. The van der Waals surface area contributed by atoms with Crippen molar-refractivity contribution in [3.63, 3.8) is 0 Å². The molecule has 0 amide bonds. The molecule has 1 heterocycles. The van der Waals surface area contributed by atoms with E-state index >= 15 is 0 Å². The lowest BCUT2D eigenvalue weighted by molar-refractivity contribution is 0.271. The van der Waals surface area contributed by atoms with Crippen molar-refractivity contribution < 1.29 is 5.11 Å². The maximum atomic E-state index is 8.95. The number of aliphatic hydroxyl groups is 1. The van der Waals surface area contributed by atoms with E-state index in [0.29, 0.717) is 6.04 Å². The first-order chi connectivity index (χ1) is 7.67. The fraction of sp³-hybridized carbons (Fsp3) is 0.727. The van der Waals surface area contributed by atoms with Crippen LogP contribution in [0, 0.1) is 6.92 Å². The Morgan fingerprint density at radius 3 is 2.88 bits per heavy atom. The highest BCUT2D eigenvalue weighted by molar-refractivity contribution is 7.99. The van der Waals surface area contributed by atoms with Crippen molar-refractivity contribution in [3.05, 3.63) is 11.8 Å². The average Bonchev–Trinajstić information content (AvgIpc) is 2.54. The minimum atomic E-state index is 0.239. The van der Waals surface area contributed by atoms with Crippen molar-refractivity contribution in [2.24, 2.45) is 7.05 Å². The molecule has 4 nitrogen and oxygen atoms in total. The summed E-state index contributed by atoms with van der Waals surface area (Å²) >= 11 is 1.78. The molecule has 0 aromatic carbocycles. The number of hydrogen-bond donors (Lipinski definition) is 2. The van der Waals surface area contributed by atoms with E-state index in [1.807, 2.05) is 18.7 Å². The van der Waals surface area contributed by atoms with Crippen molar-refractivity contribution in [2.45, 2.75) is 31.3 Å². The molecule has 0 fully saturated rings. The minimum absolute atomic E-state index is 0.239. The van der Waals surface area contributed by atoms with Crippen molar-refractivity contribution in [1.82, 2.24) is 15.1 Å². The van der Waals surface area contributed by atoms with Crippen LogP contribution in [0.25, 0.3) is 0 Å². The van der Waals surface area contributed by atoms with E-state index in [1.54, 1.807) is 11.8 Å². The zero-order valence-electron chi connectivity index (χ0n) is 10.2. The van der Waals surface area contributed by atoms with Crippen LogP contribution in [0.15, 0.2) is 11.1 Å². The number of thioether (sulfide) groups is 1. The van der Waals surface area contributed by atoms with E-state index < -0.39 is 0 Å². The van der Waals surface area contributed by atoms with Crippen LogP contribution in [-0.4, -0.2) is 39.8 Å². The van der Waals surface area contributed by atoms with Crippen LogP contribution in [0.2, 0.25) is 0 Å². The Labute approximate surface area is 101 Å². The molecule has 2 N–H and O–H groups in total. The second kappa shape index (κ2) is 6.93. The lowest BCUT2D eigenvalue weighted by Gasteiger charge is -2.15. The van der Waals surface area contributed by atoms with Gasteiger partial charge in [0.2, 0.25) is 0 Å². The van der Waals surface area contributed by atoms with Gasteiger partial charge in [0.25, 0.3) is 0 Å². The smallest absolute Gasteiger partial charge is 0.0939 e. The zero-order valence-corrected chi connectivity index (χ0v) is 11.0. The summed E-state index contributed by atoms with van der Waals surface area (Å²) in [6.45, 7) is 5.26. The number of aromatic nitrogens is 2. The molecule has 1 atom stereocenters. The third kappa shape index (κ3) is 4.15. The number of hydrogen-bond acceptors (Lipinski definition) is 4. The molecular weight excluding hydrogens is 222 g/mol. The molecule has 0 bridgehead atoms. The third-order valence-corrected chi connectivity index (χ3v) is 3.61. The zero-order chi connectivity index (χ0) is 12.0. The summed E-state index contributed by atoms with van der Waals surface area (Å²) < 4.78 is 1.90. The summed E-state index contributed by atoms with van der Waals surface area (Å²) in [5, 5.41) is 17.8. The van der Waals surface area contributed by atoms with E-state index in [-0.39, 0.29) is 6.61 Å². The van der Waals surface area contributed by atoms with Gasteiger partial charge in [-0.25, -0.2) is 0 Å². The first kappa shape index (κ1) is 13.5. The molecule has 0 spiro atoms. The van der Waals surface area contributed by atoms with Gasteiger partial charge in [-0.2, -0.15) is 5.10 Å². The van der Waals surface area contributed by atoms with Crippen LogP contribution in [0.1, 0.15) is 19.0 Å². The Morgan fingerprint density at radius 1 is 1.62 bits per heavy atom. The minimum Gasteiger partial charge on any atom is -0.396 e. The molecular formula is C11H21N3OS. The average molecular weight is 243 g/mol. The first-order valence-electron chi connectivity index (χ1n) is 5.65. The lowest BCUT2D eigenvalue weighted by atomic mass is 10.2. The van der Waals surface area contributed by atoms with E-state index in [9.17, 15) is 0 Å². The molecule has 0 aliphatic heterocycles. The van der Waals surface area contributed by atoms with Crippen molar-refractivity contribution in [3.8, 4) is 0 Å².